The van der Waals surface area contributed by atoms with Gasteiger partial charge in [0.2, 0.25) is 15.5 Å². The molecule has 0 fully saturated rings. The Morgan fingerprint density at radius 3 is 1.94 bits per heavy atom. The second-order valence-corrected chi connectivity index (χ2v) is 10.2. The number of halogens is 4. The lowest BCUT2D eigenvalue weighted by molar-refractivity contribution is -0.387. The molecule has 0 saturated heterocycles. The third-order valence-electron chi connectivity index (χ3n) is 5.28. The van der Waals surface area contributed by atoms with Crippen LogP contribution in [-0.4, -0.2) is 25.8 Å². The van der Waals surface area contributed by atoms with Gasteiger partial charge in [-0.2, -0.15) is 4.39 Å². The minimum absolute atomic E-state index is 0.0998. The van der Waals surface area contributed by atoms with Gasteiger partial charge in [0.1, 0.15) is 5.41 Å². The molecular formula is C23H18Cl3FN4O3S. The summed E-state index contributed by atoms with van der Waals surface area (Å²) in [5.74, 6) is -1.83. The van der Waals surface area contributed by atoms with Crippen LogP contribution in [0, 0.1) is 15.9 Å². The van der Waals surface area contributed by atoms with Crippen LogP contribution in [0.1, 0.15) is 11.1 Å². The van der Waals surface area contributed by atoms with Crippen LogP contribution in [0.4, 0.5) is 15.8 Å². The molecule has 0 aliphatic heterocycles. The highest BCUT2D eigenvalue weighted by molar-refractivity contribution is 7.80. The standard InChI is InChI=1S/C23H18Cl3FN4O3S/c24-23(25,26)19(30-21(35)29-16-11-12-17(27)18(13-16)31(33)34)22(20(28)32,14-7-3-1-4-8-14)15-9-5-2-6-10-15/h1-13,19H,(H2,28,32)(H2,29,30,35). The summed E-state index contributed by atoms with van der Waals surface area (Å²) in [5, 5.41) is 16.5. The van der Waals surface area contributed by atoms with E-state index in [1.165, 1.54) is 6.07 Å². The number of nitrogens with zero attached hydrogens (tertiary/aromatic N) is 1. The van der Waals surface area contributed by atoms with Gasteiger partial charge in [0.05, 0.1) is 11.0 Å². The number of alkyl halides is 3. The third-order valence-corrected chi connectivity index (χ3v) is 6.16. The molecule has 1 atom stereocenters. The van der Waals surface area contributed by atoms with Gasteiger partial charge in [0, 0.05) is 11.8 Å². The zero-order valence-corrected chi connectivity index (χ0v) is 20.8. The molecule has 0 aliphatic rings. The molecule has 7 nitrogen and oxygen atoms in total. The number of primary amides is 1. The zero-order valence-electron chi connectivity index (χ0n) is 17.8. The number of benzene rings is 3. The van der Waals surface area contributed by atoms with Gasteiger partial charge in [-0.05, 0) is 35.5 Å². The molecule has 0 heterocycles. The van der Waals surface area contributed by atoms with Crippen LogP contribution in [-0.2, 0) is 10.2 Å². The molecule has 35 heavy (non-hydrogen) atoms. The molecule has 1 unspecified atom stereocenters. The van der Waals surface area contributed by atoms with Gasteiger partial charge in [-0.25, -0.2) is 0 Å². The molecule has 12 heteroatoms. The molecule has 1 amide bonds. The topological polar surface area (TPSA) is 110 Å². The summed E-state index contributed by atoms with van der Waals surface area (Å²) in [6.07, 6.45) is 0. The molecule has 3 rings (SSSR count). The van der Waals surface area contributed by atoms with Crippen LogP contribution in [0.5, 0.6) is 0 Å². The van der Waals surface area contributed by atoms with Gasteiger partial charge in [0.25, 0.3) is 0 Å². The second kappa shape index (κ2) is 10.7. The van der Waals surface area contributed by atoms with E-state index in [0.29, 0.717) is 11.1 Å². The highest BCUT2D eigenvalue weighted by atomic mass is 35.6. The van der Waals surface area contributed by atoms with Crippen molar-refractivity contribution in [2.24, 2.45) is 5.73 Å². The van der Waals surface area contributed by atoms with Crippen molar-refractivity contribution in [3.63, 3.8) is 0 Å². The molecule has 0 bridgehead atoms. The molecular weight excluding hydrogens is 538 g/mol. The van der Waals surface area contributed by atoms with E-state index in [1.54, 1.807) is 60.7 Å². The number of hydrogen-bond acceptors (Lipinski definition) is 4. The maximum atomic E-state index is 13.7. The summed E-state index contributed by atoms with van der Waals surface area (Å²) < 4.78 is 11.6. The summed E-state index contributed by atoms with van der Waals surface area (Å²) in [4.78, 5) is 23.4. The second-order valence-electron chi connectivity index (χ2n) is 7.40. The van der Waals surface area contributed by atoms with Crippen molar-refractivity contribution in [3.8, 4) is 0 Å². The van der Waals surface area contributed by atoms with Crippen molar-refractivity contribution in [2.45, 2.75) is 15.2 Å². The van der Waals surface area contributed by atoms with Gasteiger partial charge < -0.3 is 16.4 Å². The molecule has 4 N–H and O–H groups in total. The quantitative estimate of drug-likeness (QED) is 0.159. The Morgan fingerprint density at radius 2 is 1.51 bits per heavy atom. The SMILES string of the molecule is NC(=O)C(c1ccccc1)(c1ccccc1)C(NC(=S)Nc1ccc(F)c([N+](=O)[O-])c1)C(Cl)(Cl)Cl. The Hall–Kier alpha value is -2.98. The molecule has 0 radical (unpaired) electrons. The number of nitro groups is 1. The van der Waals surface area contributed by atoms with Crippen molar-refractivity contribution >= 4 is 69.4 Å². The number of carbonyl (C=O) groups excluding carboxylic acids is 1. The minimum atomic E-state index is -2.14. The lowest BCUT2D eigenvalue weighted by Crippen LogP contribution is -2.63. The Balaban J connectivity index is 2.11. The number of carbonyl (C=O) groups is 1. The van der Waals surface area contributed by atoms with Gasteiger partial charge in [-0.15, -0.1) is 0 Å². The van der Waals surface area contributed by atoms with Crippen molar-refractivity contribution < 1.29 is 14.1 Å². The van der Waals surface area contributed by atoms with Crippen LogP contribution in [0.3, 0.4) is 0 Å². The summed E-state index contributed by atoms with van der Waals surface area (Å²) in [5.41, 5.74) is 4.49. The van der Waals surface area contributed by atoms with E-state index in [9.17, 15) is 19.3 Å². The fraction of sp³-hybridized carbons (Fsp3) is 0.130. The summed E-state index contributed by atoms with van der Waals surface area (Å²) >= 11 is 24.6. The predicted molar refractivity (Wildman–Crippen MR) is 139 cm³/mol. The number of hydrogen-bond donors (Lipinski definition) is 3. The number of anilines is 1. The van der Waals surface area contributed by atoms with Crippen molar-refractivity contribution in [1.29, 1.82) is 0 Å². The summed E-state index contributed by atoms with van der Waals surface area (Å²) in [7, 11) is 0. The average Bonchev–Trinajstić information content (AvgIpc) is 2.80. The number of thiocarbonyl (C=S) groups is 1. The third kappa shape index (κ3) is 5.65. The van der Waals surface area contributed by atoms with E-state index in [-0.39, 0.29) is 10.8 Å². The van der Waals surface area contributed by atoms with E-state index in [4.69, 9.17) is 52.8 Å². The first kappa shape index (κ1) is 26.6. The van der Waals surface area contributed by atoms with Crippen LogP contribution < -0.4 is 16.4 Å². The van der Waals surface area contributed by atoms with Gasteiger partial charge in [-0.1, -0.05) is 95.5 Å². The van der Waals surface area contributed by atoms with E-state index in [1.807, 2.05) is 0 Å². The number of nitro benzene ring substituents is 1. The van der Waals surface area contributed by atoms with Gasteiger partial charge in [-0.3, -0.25) is 14.9 Å². The van der Waals surface area contributed by atoms with Crippen LogP contribution in [0.25, 0.3) is 0 Å². The lowest BCUT2D eigenvalue weighted by Gasteiger charge is -2.43. The smallest absolute Gasteiger partial charge is 0.306 e. The Kier molecular flexibility index (Phi) is 8.17. The Morgan fingerprint density at radius 1 is 1.00 bits per heavy atom. The molecule has 0 spiro atoms. The van der Waals surface area contributed by atoms with E-state index in [2.05, 4.69) is 10.6 Å². The fourth-order valence-electron chi connectivity index (χ4n) is 3.79. The Labute approximate surface area is 220 Å². The van der Waals surface area contributed by atoms with Crippen LogP contribution >= 0.6 is 47.0 Å². The number of nitrogens with two attached hydrogens (primary N) is 1. The van der Waals surface area contributed by atoms with Crippen LogP contribution in [0.2, 0.25) is 0 Å². The van der Waals surface area contributed by atoms with Crippen molar-refractivity contribution in [3.05, 3.63) is 106 Å². The largest absolute Gasteiger partial charge is 0.369 e. The molecule has 3 aromatic carbocycles. The Bertz CT molecular complexity index is 1200. The maximum absolute atomic E-state index is 13.7. The molecule has 182 valence electrons. The lowest BCUT2D eigenvalue weighted by atomic mass is 9.68. The molecule has 3 aromatic rings. The maximum Gasteiger partial charge on any atom is 0.306 e. The fourth-order valence-corrected chi connectivity index (χ4v) is 4.68. The van der Waals surface area contributed by atoms with E-state index >= 15 is 0 Å². The monoisotopic (exact) mass is 554 g/mol. The predicted octanol–water partition coefficient (Wildman–Crippen LogP) is 5.23. The summed E-state index contributed by atoms with van der Waals surface area (Å²) in [6.45, 7) is 0. The first-order valence-electron chi connectivity index (χ1n) is 9.97. The first-order chi connectivity index (χ1) is 16.5. The van der Waals surface area contributed by atoms with Gasteiger partial charge in [0.15, 0.2) is 5.11 Å². The van der Waals surface area contributed by atoms with Crippen molar-refractivity contribution in [1.82, 2.24) is 5.32 Å². The normalized spacial score (nSPS) is 12.5. The highest BCUT2D eigenvalue weighted by Crippen LogP contribution is 2.45. The first-order valence-corrected chi connectivity index (χ1v) is 11.5. The minimum Gasteiger partial charge on any atom is -0.369 e. The van der Waals surface area contributed by atoms with E-state index < -0.39 is 37.6 Å². The summed E-state index contributed by atoms with van der Waals surface area (Å²) in [6, 6.07) is 18.8. The van der Waals surface area contributed by atoms with Gasteiger partial charge >= 0.3 is 5.69 Å². The number of nitrogens with one attached hydrogen (secondary N) is 2. The van der Waals surface area contributed by atoms with Crippen molar-refractivity contribution in [2.75, 3.05) is 5.32 Å². The molecule has 0 aromatic heterocycles. The zero-order chi connectivity index (χ0) is 25.8. The number of amides is 1. The molecule has 0 aliphatic carbocycles. The number of rotatable bonds is 7. The molecule has 0 saturated carbocycles. The van der Waals surface area contributed by atoms with Crippen LogP contribution in [0.15, 0.2) is 78.9 Å². The van der Waals surface area contributed by atoms with E-state index in [0.717, 1.165) is 12.1 Å². The highest BCUT2D eigenvalue weighted by Gasteiger charge is 2.55. The average molecular weight is 556 g/mol.